The van der Waals surface area contributed by atoms with Gasteiger partial charge in [-0.15, -0.1) is 10.2 Å². The first kappa shape index (κ1) is 16.1. The van der Waals surface area contributed by atoms with Crippen molar-refractivity contribution in [3.8, 4) is 17.5 Å². The molecule has 0 fully saturated rings. The Balaban J connectivity index is 1.66. The molecule has 8 heteroatoms. The monoisotopic (exact) mass is 340 g/mol. The second-order valence-corrected chi connectivity index (χ2v) is 5.84. The molecule has 0 atom stereocenters. The zero-order valence-electron chi connectivity index (χ0n) is 12.6. The molecule has 0 aliphatic rings. The Morgan fingerprint density at radius 3 is 2.58 bits per heavy atom. The van der Waals surface area contributed by atoms with Crippen molar-refractivity contribution in [1.29, 1.82) is 5.26 Å². The van der Waals surface area contributed by atoms with E-state index in [0.29, 0.717) is 12.4 Å². The SMILES string of the molecule is N#CCNSc1ccc(-c2nnn(Cc3ccc(F)cc3)n2)cc1. The molecular formula is C16H13FN6S. The zero-order chi connectivity index (χ0) is 16.8. The maximum atomic E-state index is 12.9. The van der Waals surface area contributed by atoms with Crippen LogP contribution in [0.4, 0.5) is 4.39 Å². The number of nitriles is 1. The number of hydrogen-bond donors (Lipinski definition) is 1. The first-order valence-corrected chi connectivity index (χ1v) is 7.95. The molecule has 0 amide bonds. The van der Waals surface area contributed by atoms with Gasteiger partial charge in [-0.05, 0) is 59.1 Å². The van der Waals surface area contributed by atoms with E-state index in [1.54, 1.807) is 12.1 Å². The van der Waals surface area contributed by atoms with Crippen LogP contribution in [-0.2, 0) is 6.54 Å². The minimum Gasteiger partial charge on any atom is -0.246 e. The molecule has 0 radical (unpaired) electrons. The fraction of sp³-hybridized carbons (Fsp3) is 0.125. The van der Waals surface area contributed by atoms with Gasteiger partial charge in [0.2, 0.25) is 5.82 Å². The Hall–Kier alpha value is -2.76. The number of hydrogen-bond acceptors (Lipinski definition) is 6. The van der Waals surface area contributed by atoms with Crippen molar-refractivity contribution in [3.05, 3.63) is 59.9 Å². The van der Waals surface area contributed by atoms with Gasteiger partial charge in [0.05, 0.1) is 19.2 Å². The number of rotatable bonds is 6. The first-order valence-electron chi connectivity index (χ1n) is 7.14. The van der Waals surface area contributed by atoms with E-state index in [-0.39, 0.29) is 12.4 Å². The Morgan fingerprint density at radius 1 is 1.12 bits per heavy atom. The standard InChI is InChI=1S/C16H13FN6S/c17-14-5-1-12(2-6-14)11-23-21-16(20-22-23)13-3-7-15(8-4-13)24-19-10-9-18/h1-8,19H,10-11H2. The van der Waals surface area contributed by atoms with E-state index in [2.05, 4.69) is 20.1 Å². The van der Waals surface area contributed by atoms with Crippen LogP contribution in [0, 0.1) is 17.1 Å². The second-order valence-electron chi connectivity index (χ2n) is 4.88. The highest BCUT2D eigenvalue weighted by atomic mass is 32.2. The predicted octanol–water partition coefficient (Wildman–Crippen LogP) is 2.65. The van der Waals surface area contributed by atoms with E-state index in [9.17, 15) is 4.39 Å². The van der Waals surface area contributed by atoms with Crippen molar-refractivity contribution in [2.24, 2.45) is 0 Å². The van der Waals surface area contributed by atoms with Crippen LogP contribution < -0.4 is 4.72 Å². The van der Waals surface area contributed by atoms with Gasteiger partial charge < -0.3 is 0 Å². The van der Waals surface area contributed by atoms with Crippen molar-refractivity contribution < 1.29 is 4.39 Å². The van der Waals surface area contributed by atoms with Gasteiger partial charge in [-0.1, -0.05) is 12.1 Å². The molecule has 0 saturated carbocycles. The van der Waals surface area contributed by atoms with E-state index in [1.807, 2.05) is 30.3 Å². The van der Waals surface area contributed by atoms with Crippen LogP contribution in [0.1, 0.15) is 5.56 Å². The average molecular weight is 340 g/mol. The van der Waals surface area contributed by atoms with E-state index in [1.165, 1.54) is 28.9 Å². The first-order chi connectivity index (χ1) is 11.7. The van der Waals surface area contributed by atoms with Crippen molar-refractivity contribution in [1.82, 2.24) is 24.9 Å². The highest BCUT2D eigenvalue weighted by Crippen LogP contribution is 2.20. The van der Waals surface area contributed by atoms with Gasteiger partial charge in [-0.2, -0.15) is 10.1 Å². The van der Waals surface area contributed by atoms with Gasteiger partial charge in [-0.3, -0.25) is 0 Å². The minimum atomic E-state index is -0.270. The summed E-state index contributed by atoms with van der Waals surface area (Å²) >= 11 is 1.39. The van der Waals surface area contributed by atoms with Gasteiger partial charge in [0.15, 0.2) is 0 Å². The lowest BCUT2D eigenvalue weighted by Gasteiger charge is -2.01. The lowest BCUT2D eigenvalue weighted by Crippen LogP contribution is -2.04. The molecule has 120 valence electrons. The van der Waals surface area contributed by atoms with Gasteiger partial charge in [0.1, 0.15) is 5.82 Å². The average Bonchev–Trinajstić information content (AvgIpc) is 3.06. The van der Waals surface area contributed by atoms with E-state index < -0.39 is 0 Å². The number of tetrazole rings is 1. The number of aromatic nitrogens is 4. The van der Waals surface area contributed by atoms with Crippen LogP contribution in [0.15, 0.2) is 53.4 Å². The van der Waals surface area contributed by atoms with Crippen LogP contribution in [0.25, 0.3) is 11.4 Å². The molecule has 0 unspecified atom stereocenters. The lowest BCUT2D eigenvalue weighted by atomic mass is 10.2. The Kier molecular flexibility index (Phi) is 5.15. The molecule has 6 nitrogen and oxygen atoms in total. The molecule has 1 heterocycles. The summed E-state index contributed by atoms with van der Waals surface area (Å²) < 4.78 is 15.8. The fourth-order valence-electron chi connectivity index (χ4n) is 2.00. The van der Waals surface area contributed by atoms with E-state index in [0.717, 1.165) is 16.0 Å². The molecule has 3 rings (SSSR count). The highest BCUT2D eigenvalue weighted by Gasteiger charge is 2.07. The van der Waals surface area contributed by atoms with Crippen molar-refractivity contribution in [2.45, 2.75) is 11.4 Å². The van der Waals surface area contributed by atoms with Crippen molar-refractivity contribution >= 4 is 11.9 Å². The largest absolute Gasteiger partial charge is 0.246 e. The van der Waals surface area contributed by atoms with Gasteiger partial charge in [0, 0.05) is 10.5 Å². The molecule has 2 aromatic carbocycles. The van der Waals surface area contributed by atoms with Gasteiger partial charge in [0.25, 0.3) is 0 Å². The molecule has 1 N–H and O–H groups in total. The fourth-order valence-corrected chi connectivity index (χ4v) is 2.58. The zero-order valence-corrected chi connectivity index (χ0v) is 13.4. The van der Waals surface area contributed by atoms with Crippen LogP contribution in [-0.4, -0.2) is 26.8 Å². The summed E-state index contributed by atoms with van der Waals surface area (Å²) in [5.74, 6) is 0.256. The summed E-state index contributed by atoms with van der Waals surface area (Å²) in [7, 11) is 0. The molecule has 0 bridgehead atoms. The summed E-state index contributed by atoms with van der Waals surface area (Å²) in [6, 6.07) is 15.9. The number of nitrogens with one attached hydrogen (secondary N) is 1. The summed E-state index contributed by atoms with van der Waals surface area (Å²) in [4.78, 5) is 2.47. The normalized spacial score (nSPS) is 10.5. The number of halogens is 1. The third kappa shape index (κ3) is 4.16. The third-order valence-electron chi connectivity index (χ3n) is 3.14. The summed E-state index contributed by atoms with van der Waals surface area (Å²) in [6.45, 7) is 0.713. The number of benzene rings is 2. The van der Waals surface area contributed by atoms with E-state index >= 15 is 0 Å². The maximum Gasteiger partial charge on any atom is 0.204 e. The molecule has 0 aliphatic carbocycles. The Morgan fingerprint density at radius 2 is 1.88 bits per heavy atom. The molecule has 24 heavy (non-hydrogen) atoms. The molecule has 0 aliphatic heterocycles. The maximum absolute atomic E-state index is 12.9. The van der Waals surface area contributed by atoms with Gasteiger partial charge >= 0.3 is 0 Å². The molecule has 1 aromatic heterocycles. The third-order valence-corrected chi connectivity index (χ3v) is 3.94. The van der Waals surface area contributed by atoms with Crippen molar-refractivity contribution in [2.75, 3.05) is 6.54 Å². The minimum absolute atomic E-state index is 0.270. The van der Waals surface area contributed by atoms with E-state index in [4.69, 9.17) is 5.26 Å². The number of nitrogens with zero attached hydrogens (tertiary/aromatic N) is 5. The smallest absolute Gasteiger partial charge is 0.204 e. The van der Waals surface area contributed by atoms with Crippen LogP contribution in [0.5, 0.6) is 0 Å². The highest BCUT2D eigenvalue weighted by molar-refractivity contribution is 7.97. The van der Waals surface area contributed by atoms with Crippen LogP contribution in [0.2, 0.25) is 0 Å². The lowest BCUT2D eigenvalue weighted by molar-refractivity contribution is 0.570. The van der Waals surface area contributed by atoms with Crippen molar-refractivity contribution in [3.63, 3.8) is 0 Å². The summed E-state index contributed by atoms with van der Waals surface area (Å²) in [6.07, 6.45) is 0. The Bertz CT molecular complexity index is 838. The molecule has 0 spiro atoms. The predicted molar refractivity (Wildman–Crippen MR) is 88.2 cm³/mol. The summed E-state index contributed by atoms with van der Waals surface area (Å²) in [5.41, 5.74) is 1.75. The van der Waals surface area contributed by atoms with Crippen LogP contribution >= 0.6 is 11.9 Å². The quantitative estimate of drug-likeness (QED) is 0.422. The second kappa shape index (κ2) is 7.68. The molecule has 0 saturated heterocycles. The van der Waals surface area contributed by atoms with Crippen LogP contribution in [0.3, 0.4) is 0 Å². The summed E-state index contributed by atoms with van der Waals surface area (Å²) in [5, 5.41) is 20.9. The Labute approximate surface area is 142 Å². The topological polar surface area (TPSA) is 79.4 Å². The molecule has 3 aromatic rings. The molecular weight excluding hydrogens is 327 g/mol. The van der Waals surface area contributed by atoms with Gasteiger partial charge in [-0.25, -0.2) is 9.11 Å².